The largest absolute Gasteiger partial charge is 0.497 e. The van der Waals surface area contributed by atoms with Crippen LogP contribution in [0.15, 0.2) is 77.7 Å². The van der Waals surface area contributed by atoms with Crippen LogP contribution in [0.5, 0.6) is 17.4 Å². The molecule has 13 nitrogen and oxygen atoms in total. The Labute approximate surface area is 402 Å². The second-order valence-electron chi connectivity index (χ2n) is 18.7. The number of aromatic nitrogens is 2. The molecule has 2 saturated heterocycles. The summed E-state index contributed by atoms with van der Waals surface area (Å²) in [6.07, 6.45) is -13.1. The highest BCUT2D eigenvalue weighted by Crippen LogP contribution is 2.49. The van der Waals surface area contributed by atoms with E-state index < -0.39 is 130 Å². The number of halogens is 8. The normalized spacial score (nSPS) is 18.8. The van der Waals surface area contributed by atoms with Crippen LogP contribution in [0.2, 0.25) is 0 Å². The number of methoxy groups -OCH3 is 2. The van der Waals surface area contributed by atoms with E-state index in [2.05, 4.69) is 10.3 Å². The van der Waals surface area contributed by atoms with Gasteiger partial charge in [-0.3, -0.25) is 14.5 Å². The molecule has 0 spiro atoms. The number of anilines is 2. The third kappa shape index (κ3) is 9.99. The minimum atomic E-state index is -5.42. The van der Waals surface area contributed by atoms with Gasteiger partial charge in [0, 0.05) is 51.1 Å². The van der Waals surface area contributed by atoms with E-state index >= 15 is 35.1 Å². The van der Waals surface area contributed by atoms with Crippen molar-refractivity contribution in [3.05, 3.63) is 128 Å². The molecule has 0 unspecified atom stereocenters. The number of rotatable bonds is 11. The molecule has 1 N–H and O–H groups in total. The third-order valence-electron chi connectivity index (χ3n) is 12.8. The minimum absolute atomic E-state index is 0.0222. The summed E-state index contributed by atoms with van der Waals surface area (Å²) in [6.45, 7) is 4.41. The van der Waals surface area contributed by atoms with E-state index in [0.29, 0.717) is 28.2 Å². The first-order chi connectivity index (χ1) is 33.4. The Bertz CT molecular complexity index is 2850. The molecule has 3 aromatic carbocycles. The van der Waals surface area contributed by atoms with Gasteiger partial charge in [-0.15, -0.1) is 0 Å². The third-order valence-corrected chi connectivity index (χ3v) is 12.8. The van der Waals surface area contributed by atoms with Gasteiger partial charge in [0.25, 0.3) is 5.91 Å². The molecule has 0 radical (unpaired) electrons. The van der Waals surface area contributed by atoms with Crippen molar-refractivity contribution in [1.29, 1.82) is 0 Å². The van der Waals surface area contributed by atoms with Crippen molar-refractivity contribution in [1.82, 2.24) is 19.4 Å². The van der Waals surface area contributed by atoms with Crippen LogP contribution in [0.3, 0.4) is 0 Å². The molecule has 71 heavy (non-hydrogen) atoms. The number of carbonyl (C=O) groups is 2. The van der Waals surface area contributed by atoms with Crippen molar-refractivity contribution >= 4 is 23.4 Å². The molecule has 2 bridgehead atoms. The molecule has 3 aliphatic heterocycles. The fraction of sp³-hybridized carbons (Fsp3) is 0.400. The number of benzene rings is 3. The van der Waals surface area contributed by atoms with Gasteiger partial charge in [0.05, 0.1) is 49.3 Å². The number of aryl methyl sites for hydroxylation is 1. The maximum absolute atomic E-state index is 17.9. The number of ether oxygens (including phenoxy) is 4. The van der Waals surface area contributed by atoms with E-state index in [0.717, 1.165) is 22.8 Å². The highest BCUT2D eigenvalue weighted by Gasteiger charge is 2.62. The van der Waals surface area contributed by atoms with Gasteiger partial charge in [-0.25, -0.2) is 18.6 Å². The van der Waals surface area contributed by atoms with Crippen molar-refractivity contribution in [2.75, 3.05) is 31.0 Å². The van der Waals surface area contributed by atoms with E-state index in [1.807, 2.05) is 0 Å². The van der Waals surface area contributed by atoms with Gasteiger partial charge in [-0.05, 0) is 93.1 Å². The van der Waals surface area contributed by atoms with Crippen LogP contribution in [-0.2, 0) is 37.6 Å². The molecule has 0 aliphatic carbocycles. The summed E-state index contributed by atoms with van der Waals surface area (Å²) in [4.78, 5) is 48.3. The lowest BCUT2D eigenvalue weighted by Gasteiger charge is -2.48. The SMILES string of the molecule is COc1ccc(CN(Cc2ccc(OC)cc2)c2cc(-c3nc4c(c(NCc5ccc(=O)n(C)c5)c3F)C(=O)N3C[C@H]5CC[C@@H]([C@H]3[C@H](C(F)(F)F)O4)N5C(=O)OC(C)(C)C)c(C(F)(F)F)c(C)c2F)cc1. The number of nitrogens with zero attached hydrogens (tertiary/aromatic N) is 5. The molecule has 2 fully saturated rings. The number of nitrogens with one attached hydrogen (secondary N) is 1. The van der Waals surface area contributed by atoms with Crippen molar-refractivity contribution in [2.24, 2.45) is 7.05 Å². The van der Waals surface area contributed by atoms with Crippen molar-refractivity contribution < 1.29 is 63.7 Å². The molecule has 3 aliphatic rings. The monoisotopic (exact) mass is 998 g/mol. The lowest BCUT2D eigenvalue weighted by atomic mass is 9.94. The average Bonchev–Trinajstić information content (AvgIpc) is 3.56. The molecule has 378 valence electrons. The van der Waals surface area contributed by atoms with Crippen molar-refractivity contribution in [3.8, 4) is 28.6 Å². The van der Waals surface area contributed by atoms with Crippen LogP contribution < -0.4 is 30.0 Å². The Hall–Kier alpha value is -7.06. The molecule has 5 aromatic rings. The highest BCUT2D eigenvalue weighted by molar-refractivity contribution is 6.03. The summed E-state index contributed by atoms with van der Waals surface area (Å²) in [6, 6.07) is 12.3. The Balaban J connectivity index is 1.35. The van der Waals surface area contributed by atoms with E-state index in [1.54, 1.807) is 69.3 Å². The van der Waals surface area contributed by atoms with Crippen LogP contribution in [0.4, 0.5) is 51.3 Å². The van der Waals surface area contributed by atoms with Crippen LogP contribution in [-0.4, -0.2) is 88.1 Å². The first-order valence-electron chi connectivity index (χ1n) is 22.5. The van der Waals surface area contributed by atoms with Gasteiger partial charge in [-0.2, -0.15) is 26.3 Å². The highest BCUT2D eigenvalue weighted by atomic mass is 19.4. The maximum atomic E-state index is 17.9. The summed E-state index contributed by atoms with van der Waals surface area (Å²) in [7, 11) is 4.32. The van der Waals surface area contributed by atoms with Crippen molar-refractivity contribution in [3.63, 3.8) is 0 Å². The number of fused-ring (bicyclic) bond motifs is 5. The Morgan fingerprint density at radius 3 is 1.99 bits per heavy atom. The van der Waals surface area contributed by atoms with Gasteiger partial charge >= 0.3 is 18.4 Å². The Kier molecular flexibility index (Phi) is 13.4. The van der Waals surface area contributed by atoms with E-state index in [-0.39, 0.29) is 25.9 Å². The van der Waals surface area contributed by atoms with Crippen LogP contribution in [0.25, 0.3) is 11.3 Å². The summed E-state index contributed by atoms with van der Waals surface area (Å²) in [5, 5.41) is 2.71. The lowest BCUT2D eigenvalue weighted by Crippen LogP contribution is -2.68. The molecule has 0 saturated carbocycles. The summed E-state index contributed by atoms with van der Waals surface area (Å²) >= 11 is 0. The predicted molar refractivity (Wildman–Crippen MR) is 244 cm³/mol. The lowest BCUT2D eigenvalue weighted by molar-refractivity contribution is -0.217. The smallest absolute Gasteiger partial charge is 0.427 e. The molecular formula is C50H50F8N6O7. The zero-order valence-corrected chi connectivity index (χ0v) is 39.6. The number of hydrogen-bond donors (Lipinski definition) is 1. The quantitative estimate of drug-likeness (QED) is 0.128. The Morgan fingerprint density at radius 1 is 0.859 bits per heavy atom. The molecule has 4 atom stereocenters. The molecule has 2 amide bonds. The van der Waals surface area contributed by atoms with Gasteiger partial charge in [-0.1, -0.05) is 30.3 Å². The number of hydrogen-bond acceptors (Lipinski definition) is 10. The predicted octanol–water partition coefficient (Wildman–Crippen LogP) is 9.80. The first kappa shape index (κ1) is 50.3. The first-order valence-corrected chi connectivity index (χ1v) is 22.5. The molecule has 21 heteroatoms. The van der Waals surface area contributed by atoms with Crippen LogP contribution >= 0.6 is 0 Å². The van der Waals surface area contributed by atoms with Gasteiger partial charge in [0.15, 0.2) is 5.82 Å². The Morgan fingerprint density at radius 2 is 1.45 bits per heavy atom. The van der Waals surface area contributed by atoms with Crippen molar-refractivity contribution in [2.45, 2.75) is 102 Å². The fourth-order valence-corrected chi connectivity index (χ4v) is 9.56. The average molecular weight is 999 g/mol. The van der Waals surface area contributed by atoms with Gasteiger partial charge < -0.3 is 38.6 Å². The maximum Gasteiger partial charge on any atom is 0.427 e. The molecule has 8 rings (SSSR count). The summed E-state index contributed by atoms with van der Waals surface area (Å²) in [5.74, 6) is -4.36. The standard InChI is InChI=1S/C50H50F8N6O7/c1-26-38(49(53,54)55)33(20-35(39(26)51)62(23-27-8-14-31(68-6)15-9-27)24-28-10-16-32(69-7)17-11-28)41-40(52)42(59-21-29-12-19-36(65)61(5)22-29)37-45(60-41)70-44(50(56,57)58)43-34-18-13-30(25-63(43)46(37)66)64(34)47(67)71-48(2,3)4/h8-12,14-17,19-20,22,30,34,43-44H,13,18,21,23-25H2,1-7H3,(H,59,60)/t30-,34+,43+,44-/m1/s1. The molecule has 5 heterocycles. The number of pyridine rings is 2. The summed E-state index contributed by atoms with van der Waals surface area (Å²) in [5.41, 5.74) is -7.28. The number of alkyl halides is 6. The summed E-state index contributed by atoms with van der Waals surface area (Å²) < 4.78 is 151. The topological polar surface area (TPSA) is 128 Å². The van der Waals surface area contributed by atoms with E-state index in [4.69, 9.17) is 18.9 Å². The zero-order chi connectivity index (χ0) is 51.5. The van der Waals surface area contributed by atoms with Crippen LogP contribution in [0, 0.1) is 18.6 Å². The number of carbonyl (C=O) groups excluding carboxylic acids is 2. The molecular weight excluding hydrogens is 949 g/mol. The van der Waals surface area contributed by atoms with Gasteiger partial charge in [0.1, 0.15) is 34.2 Å². The number of amides is 2. The van der Waals surface area contributed by atoms with Gasteiger partial charge in [0.2, 0.25) is 17.5 Å². The number of piperazine rings is 1. The fourth-order valence-electron chi connectivity index (χ4n) is 9.56. The van der Waals surface area contributed by atoms with Crippen LogP contribution in [0.1, 0.15) is 71.8 Å². The second kappa shape index (κ2) is 18.9. The zero-order valence-electron chi connectivity index (χ0n) is 39.6. The van der Waals surface area contributed by atoms with E-state index in [1.165, 1.54) is 49.1 Å². The van der Waals surface area contributed by atoms with E-state index in [9.17, 15) is 14.4 Å². The second-order valence-corrected chi connectivity index (χ2v) is 18.7. The molecule has 2 aromatic heterocycles. The minimum Gasteiger partial charge on any atom is -0.497 e.